The Kier molecular flexibility index (Phi) is 5.64. The van der Waals surface area contributed by atoms with Crippen molar-refractivity contribution in [2.45, 2.75) is 13.0 Å². The molecule has 2 aromatic rings. The minimum Gasteiger partial charge on any atom is -0.497 e. The van der Waals surface area contributed by atoms with Gasteiger partial charge in [0.25, 0.3) is 11.8 Å². The lowest BCUT2D eigenvalue weighted by Gasteiger charge is -2.40. The van der Waals surface area contributed by atoms with Crippen LogP contribution in [0.25, 0.3) is 0 Å². The minimum atomic E-state index is -0.0597. The second-order valence-corrected chi connectivity index (χ2v) is 6.56. The van der Waals surface area contributed by atoms with Crippen LogP contribution in [0.4, 0.5) is 0 Å². The number of benzene rings is 2. The fourth-order valence-corrected chi connectivity index (χ4v) is 3.26. The first kappa shape index (κ1) is 18.8. The van der Waals surface area contributed by atoms with Crippen molar-refractivity contribution in [2.24, 2.45) is 0 Å². The van der Waals surface area contributed by atoms with Gasteiger partial charge in [0.05, 0.1) is 14.2 Å². The van der Waals surface area contributed by atoms with Crippen LogP contribution in [0.15, 0.2) is 48.5 Å². The molecule has 0 spiro atoms. The van der Waals surface area contributed by atoms with Crippen molar-refractivity contribution in [1.29, 1.82) is 0 Å². The van der Waals surface area contributed by atoms with E-state index in [2.05, 4.69) is 0 Å². The van der Waals surface area contributed by atoms with Crippen molar-refractivity contribution in [3.63, 3.8) is 0 Å². The molecule has 1 heterocycles. The van der Waals surface area contributed by atoms with E-state index in [4.69, 9.17) is 9.47 Å². The third-order valence-electron chi connectivity index (χ3n) is 4.85. The maximum Gasteiger partial charge on any atom is 0.254 e. The molecule has 0 aromatic heterocycles. The standard InChI is InChI=1S/C21H24N2O4/c1-15-14-22(20(24)16-4-8-18(26-2)9-5-16)12-13-23(15)21(25)17-6-10-19(27-3)11-7-17/h4-11,15H,12-14H2,1-3H3. The molecule has 0 bridgehead atoms. The fraction of sp³-hybridized carbons (Fsp3) is 0.333. The lowest BCUT2D eigenvalue weighted by Crippen LogP contribution is -2.55. The molecule has 6 nitrogen and oxygen atoms in total. The Morgan fingerprint density at radius 1 is 0.815 bits per heavy atom. The van der Waals surface area contributed by atoms with E-state index in [9.17, 15) is 9.59 Å². The summed E-state index contributed by atoms with van der Waals surface area (Å²) in [6.07, 6.45) is 0. The summed E-state index contributed by atoms with van der Waals surface area (Å²) in [4.78, 5) is 29.1. The maximum absolute atomic E-state index is 12.8. The van der Waals surface area contributed by atoms with Crippen LogP contribution in [-0.2, 0) is 0 Å². The number of amides is 2. The lowest BCUT2D eigenvalue weighted by atomic mass is 10.1. The number of rotatable bonds is 4. The molecule has 1 aliphatic heterocycles. The SMILES string of the molecule is COc1ccc(C(=O)N2CCN(C(=O)c3ccc(OC)cc3)C(C)C2)cc1. The van der Waals surface area contributed by atoms with E-state index in [0.717, 1.165) is 11.5 Å². The molecule has 2 aromatic carbocycles. The molecule has 0 saturated carbocycles. The highest BCUT2D eigenvalue weighted by molar-refractivity contribution is 5.96. The number of methoxy groups -OCH3 is 2. The Morgan fingerprint density at radius 3 is 1.74 bits per heavy atom. The molecule has 1 fully saturated rings. The molecule has 6 heteroatoms. The molecule has 27 heavy (non-hydrogen) atoms. The highest BCUT2D eigenvalue weighted by atomic mass is 16.5. The molecule has 2 amide bonds. The lowest BCUT2D eigenvalue weighted by molar-refractivity contribution is 0.0414. The number of carbonyl (C=O) groups excluding carboxylic acids is 2. The fourth-order valence-electron chi connectivity index (χ4n) is 3.26. The summed E-state index contributed by atoms with van der Waals surface area (Å²) in [7, 11) is 3.19. The van der Waals surface area contributed by atoms with Gasteiger partial charge >= 0.3 is 0 Å². The molecule has 1 atom stereocenters. The van der Waals surface area contributed by atoms with E-state index in [-0.39, 0.29) is 17.9 Å². The predicted octanol–water partition coefficient (Wildman–Crippen LogP) is 2.69. The van der Waals surface area contributed by atoms with Gasteiger partial charge in [0.2, 0.25) is 0 Å². The Bertz CT molecular complexity index is 802. The summed E-state index contributed by atoms with van der Waals surface area (Å²) in [6, 6.07) is 14.1. The Labute approximate surface area is 159 Å². The van der Waals surface area contributed by atoms with E-state index in [0.29, 0.717) is 30.8 Å². The van der Waals surface area contributed by atoms with Crippen molar-refractivity contribution in [3.05, 3.63) is 59.7 Å². The van der Waals surface area contributed by atoms with Crippen molar-refractivity contribution in [3.8, 4) is 11.5 Å². The molecule has 1 unspecified atom stereocenters. The summed E-state index contributed by atoms with van der Waals surface area (Å²) < 4.78 is 10.3. The van der Waals surface area contributed by atoms with Gasteiger partial charge < -0.3 is 19.3 Å². The predicted molar refractivity (Wildman–Crippen MR) is 102 cm³/mol. The second-order valence-electron chi connectivity index (χ2n) is 6.56. The van der Waals surface area contributed by atoms with E-state index in [1.54, 1.807) is 67.7 Å². The van der Waals surface area contributed by atoms with Crippen LogP contribution in [-0.4, -0.2) is 61.5 Å². The first-order valence-corrected chi connectivity index (χ1v) is 8.92. The zero-order valence-electron chi connectivity index (χ0n) is 15.8. The number of carbonyl (C=O) groups is 2. The van der Waals surface area contributed by atoms with Crippen LogP contribution in [0.1, 0.15) is 27.6 Å². The van der Waals surface area contributed by atoms with E-state index >= 15 is 0 Å². The number of nitrogens with zero attached hydrogens (tertiary/aromatic N) is 2. The average Bonchev–Trinajstić information content (AvgIpc) is 2.72. The summed E-state index contributed by atoms with van der Waals surface area (Å²) in [5.74, 6) is 1.38. The van der Waals surface area contributed by atoms with Gasteiger partial charge in [0.1, 0.15) is 11.5 Å². The van der Waals surface area contributed by atoms with Crippen LogP contribution in [0.2, 0.25) is 0 Å². The Balaban J connectivity index is 1.65. The van der Waals surface area contributed by atoms with Gasteiger partial charge in [-0.2, -0.15) is 0 Å². The van der Waals surface area contributed by atoms with Crippen LogP contribution >= 0.6 is 0 Å². The largest absolute Gasteiger partial charge is 0.497 e. The van der Waals surface area contributed by atoms with Gasteiger partial charge in [0, 0.05) is 36.8 Å². The van der Waals surface area contributed by atoms with Crippen LogP contribution in [0.3, 0.4) is 0 Å². The van der Waals surface area contributed by atoms with E-state index < -0.39 is 0 Å². The third kappa shape index (κ3) is 4.05. The molecule has 142 valence electrons. The summed E-state index contributed by atoms with van der Waals surface area (Å²) in [5.41, 5.74) is 1.25. The third-order valence-corrected chi connectivity index (χ3v) is 4.85. The number of hydrogen-bond donors (Lipinski definition) is 0. The van der Waals surface area contributed by atoms with Gasteiger partial charge in [-0.15, -0.1) is 0 Å². The monoisotopic (exact) mass is 368 g/mol. The smallest absolute Gasteiger partial charge is 0.254 e. The molecule has 0 N–H and O–H groups in total. The van der Waals surface area contributed by atoms with Gasteiger partial charge in [-0.05, 0) is 55.5 Å². The van der Waals surface area contributed by atoms with E-state index in [1.165, 1.54) is 0 Å². The molecular weight excluding hydrogens is 344 g/mol. The summed E-state index contributed by atoms with van der Waals surface area (Å²) in [6.45, 7) is 3.49. The van der Waals surface area contributed by atoms with Crippen LogP contribution in [0.5, 0.6) is 11.5 Å². The highest BCUT2D eigenvalue weighted by Crippen LogP contribution is 2.19. The molecule has 0 radical (unpaired) electrons. The summed E-state index contributed by atoms with van der Waals surface area (Å²) in [5, 5.41) is 0. The molecule has 1 saturated heterocycles. The first-order chi connectivity index (χ1) is 13.0. The topological polar surface area (TPSA) is 59.1 Å². The van der Waals surface area contributed by atoms with Crippen molar-refractivity contribution < 1.29 is 19.1 Å². The van der Waals surface area contributed by atoms with E-state index in [1.807, 2.05) is 11.8 Å². The highest BCUT2D eigenvalue weighted by Gasteiger charge is 2.30. The van der Waals surface area contributed by atoms with Crippen molar-refractivity contribution in [2.75, 3.05) is 33.9 Å². The zero-order chi connectivity index (χ0) is 19.4. The zero-order valence-corrected chi connectivity index (χ0v) is 15.8. The quantitative estimate of drug-likeness (QED) is 0.833. The molecule has 1 aliphatic rings. The van der Waals surface area contributed by atoms with Crippen LogP contribution < -0.4 is 9.47 Å². The normalized spacial score (nSPS) is 16.8. The van der Waals surface area contributed by atoms with Crippen molar-refractivity contribution in [1.82, 2.24) is 9.80 Å². The van der Waals surface area contributed by atoms with Gasteiger partial charge in [-0.25, -0.2) is 0 Å². The molecular formula is C21H24N2O4. The van der Waals surface area contributed by atoms with Gasteiger partial charge in [-0.3, -0.25) is 9.59 Å². The molecule has 3 rings (SSSR count). The minimum absolute atomic E-state index is 0.0262. The summed E-state index contributed by atoms with van der Waals surface area (Å²) >= 11 is 0. The second kappa shape index (κ2) is 8.12. The van der Waals surface area contributed by atoms with Crippen LogP contribution in [0, 0.1) is 0 Å². The van der Waals surface area contributed by atoms with Gasteiger partial charge in [-0.1, -0.05) is 0 Å². The average molecular weight is 368 g/mol. The number of piperazine rings is 1. The number of ether oxygens (including phenoxy) is 2. The maximum atomic E-state index is 12.8. The Hall–Kier alpha value is -3.02. The first-order valence-electron chi connectivity index (χ1n) is 8.92. The van der Waals surface area contributed by atoms with Gasteiger partial charge in [0.15, 0.2) is 0 Å². The molecule has 0 aliphatic carbocycles. The number of hydrogen-bond acceptors (Lipinski definition) is 4. The van der Waals surface area contributed by atoms with Crippen molar-refractivity contribution >= 4 is 11.8 Å². The Morgan fingerprint density at radius 2 is 1.30 bits per heavy atom.